The standard InChI is InChI=1S/C18H19BrFN/c19-15-6-7-18(20)17(11-15)16-8-9-21-12-14(16)10-13-4-2-1-3-5-13/h1-7,11,14,16,21H,8-10,12H2. The third-order valence-electron chi connectivity index (χ3n) is 4.31. The van der Waals surface area contributed by atoms with Crippen LogP contribution in [0.2, 0.25) is 0 Å². The number of rotatable bonds is 3. The predicted molar refractivity (Wildman–Crippen MR) is 88.0 cm³/mol. The van der Waals surface area contributed by atoms with Crippen LogP contribution >= 0.6 is 15.9 Å². The van der Waals surface area contributed by atoms with Gasteiger partial charge in [0.05, 0.1) is 0 Å². The maximum atomic E-state index is 14.2. The first-order chi connectivity index (χ1) is 10.2. The summed E-state index contributed by atoms with van der Waals surface area (Å²) >= 11 is 3.47. The lowest BCUT2D eigenvalue weighted by molar-refractivity contribution is 0.317. The molecule has 1 aliphatic heterocycles. The van der Waals surface area contributed by atoms with Crippen LogP contribution in [0.3, 0.4) is 0 Å². The minimum absolute atomic E-state index is 0.0804. The number of halogens is 2. The van der Waals surface area contributed by atoms with Crippen molar-refractivity contribution in [2.75, 3.05) is 13.1 Å². The van der Waals surface area contributed by atoms with Crippen LogP contribution in [0.5, 0.6) is 0 Å². The summed E-state index contributed by atoms with van der Waals surface area (Å²) in [5.41, 5.74) is 2.18. The molecule has 2 unspecified atom stereocenters. The van der Waals surface area contributed by atoms with Crippen LogP contribution in [0.25, 0.3) is 0 Å². The second-order valence-electron chi connectivity index (χ2n) is 5.71. The number of benzene rings is 2. The Hall–Kier alpha value is -1.19. The van der Waals surface area contributed by atoms with Crippen LogP contribution in [-0.4, -0.2) is 13.1 Å². The fraction of sp³-hybridized carbons (Fsp3) is 0.333. The van der Waals surface area contributed by atoms with Gasteiger partial charge in [0.1, 0.15) is 5.82 Å². The summed E-state index contributed by atoms with van der Waals surface area (Å²) in [6.07, 6.45) is 1.98. The van der Waals surface area contributed by atoms with E-state index in [0.29, 0.717) is 5.92 Å². The van der Waals surface area contributed by atoms with E-state index >= 15 is 0 Å². The molecule has 0 amide bonds. The van der Waals surface area contributed by atoms with Crippen molar-refractivity contribution in [1.82, 2.24) is 5.32 Å². The molecule has 0 spiro atoms. The lowest BCUT2D eigenvalue weighted by Gasteiger charge is -2.33. The van der Waals surface area contributed by atoms with Crippen LogP contribution in [0, 0.1) is 11.7 Å². The van der Waals surface area contributed by atoms with Gasteiger partial charge in [-0.15, -0.1) is 0 Å². The molecule has 3 heteroatoms. The van der Waals surface area contributed by atoms with Crippen molar-refractivity contribution in [2.45, 2.75) is 18.8 Å². The Labute approximate surface area is 133 Å². The van der Waals surface area contributed by atoms with Gasteiger partial charge in [0.25, 0.3) is 0 Å². The van der Waals surface area contributed by atoms with Crippen LogP contribution in [0.1, 0.15) is 23.5 Å². The van der Waals surface area contributed by atoms with Gasteiger partial charge in [-0.2, -0.15) is 0 Å². The van der Waals surface area contributed by atoms with Crippen LogP contribution in [0.15, 0.2) is 53.0 Å². The highest BCUT2D eigenvalue weighted by Gasteiger charge is 2.28. The summed E-state index contributed by atoms with van der Waals surface area (Å²) in [5, 5.41) is 3.45. The van der Waals surface area contributed by atoms with Crippen LogP contribution in [-0.2, 0) is 6.42 Å². The highest BCUT2D eigenvalue weighted by atomic mass is 79.9. The topological polar surface area (TPSA) is 12.0 Å². The lowest BCUT2D eigenvalue weighted by atomic mass is 9.78. The van der Waals surface area contributed by atoms with Gasteiger partial charge in [-0.05, 0) is 67.1 Å². The molecule has 1 N–H and O–H groups in total. The van der Waals surface area contributed by atoms with Crippen molar-refractivity contribution in [2.24, 2.45) is 5.92 Å². The van der Waals surface area contributed by atoms with Crippen molar-refractivity contribution < 1.29 is 4.39 Å². The molecule has 21 heavy (non-hydrogen) atoms. The second kappa shape index (κ2) is 6.71. The third-order valence-corrected chi connectivity index (χ3v) is 4.80. The molecule has 0 saturated carbocycles. The number of nitrogens with one attached hydrogen (secondary N) is 1. The minimum atomic E-state index is -0.0804. The van der Waals surface area contributed by atoms with Crippen LogP contribution in [0.4, 0.5) is 4.39 Å². The van der Waals surface area contributed by atoms with E-state index in [0.717, 1.165) is 36.0 Å². The largest absolute Gasteiger partial charge is 0.316 e. The zero-order valence-electron chi connectivity index (χ0n) is 11.9. The van der Waals surface area contributed by atoms with Gasteiger partial charge in [0.2, 0.25) is 0 Å². The molecule has 1 saturated heterocycles. The Morgan fingerprint density at radius 2 is 1.95 bits per heavy atom. The summed E-state index contributed by atoms with van der Waals surface area (Å²) in [4.78, 5) is 0. The van der Waals surface area contributed by atoms with Crippen molar-refractivity contribution in [3.05, 3.63) is 69.9 Å². The molecular weight excluding hydrogens is 329 g/mol. The Morgan fingerprint density at radius 3 is 2.76 bits per heavy atom. The van der Waals surface area contributed by atoms with E-state index in [-0.39, 0.29) is 11.7 Å². The van der Waals surface area contributed by atoms with Gasteiger partial charge in [-0.25, -0.2) is 4.39 Å². The Morgan fingerprint density at radius 1 is 1.14 bits per heavy atom. The molecule has 2 aromatic rings. The monoisotopic (exact) mass is 347 g/mol. The van der Waals surface area contributed by atoms with E-state index in [2.05, 4.69) is 45.5 Å². The summed E-state index contributed by atoms with van der Waals surface area (Å²) < 4.78 is 15.2. The third kappa shape index (κ3) is 3.53. The van der Waals surface area contributed by atoms with Gasteiger partial charge in [0.15, 0.2) is 0 Å². The predicted octanol–water partition coefficient (Wildman–Crippen LogP) is 4.52. The molecule has 1 nitrogen and oxygen atoms in total. The first-order valence-electron chi connectivity index (χ1n) is 7.43. The quantitative estimate of drug-likeness (QED) is 0.860. The fourth-order valence-electron chi connectivity index (χ4n) is 3.26. The first kappa shape index (κ1) is 14.7. The van der Waals surface area contributed by atoms with Crippen molar-refractivity contribution in [3.63, 3.8) is 0 Å². The SMILES string of the molecule is Fc1ccc(Br)cc1C1CCNCC1Cc1ccccc1. The van der Waals surface area contributed by atoms with Gasteiger partial charge >= 0.3 is 0 Å². The van der Waals surface area contributed by atoms with E-state index in [4.69, 9.17) is 0 Å². The maximum Gasteiger partial charge on any atom is 0.126 e. The van der Waals surface area contributed by atoms with E-state index in [1.54, 1.807) is 12.1 Å². The van der Waals surface area contributed by atoms with Gasteiger partial charge < -0.3 is 5.32 Å². The summed E-state index contributed by atoms with van der Waals surface area (Å²) in [6, 6.07) is 15.8. The average molecular weight is 348 g/mol. The van der Waals surface area contributed by atoms with Crippen molar-refractivity contribution in [1.29, 1.82) is 0 Å². The van der Waals surface area contributed by atoms with Crippen molar-refractivity contribution >= 4 is 15.9 Å². The highest BCUT2D eigenvalue weighted by Crippen LogP contribution is 2.35. The molecule has 3 rings (SSSR count). The van der Waals surface area contributed by atoms with E-state index in [9.17, 15) is 4.39 Å². The Bertz CT molecular complexity index is 599. The van der Waals surface area contributed by atoms with E-state index < -0.39 is 0 Å². The molecule has 0 bridgehead atoms. The molecule has 110 valence electrons. The smallest absolute Gasteiger partial charge is 0.126 e. The minimum Gasteiger partial charge on any atom is -0.316 e. The fourth-order valence-corrected chi connectivity index (χ4v) is 3.64. The van der Waals surface area contributed by atoms with Crippen LogP contribution < -0.4 is 5.32 Å². The molecule has 2 atom stereocenters. The summed E-state index contributed by atoms with van der Waals surface area (Å²) in [6.45, 7) is 1.91. The Kier molecular flexibility index (Phi) is 4.71. The van der Waals surface area contributed by atoms with Gasteiger partial charge in [0, 0.05) is 4.47 Å². The normalized spacial score (nSPS) is 22.2. The molecule has 1 heterocycles. The van der Waals surface area contributed by atoms with Crippen molar-refractivity contribution in [3.8, 4) is 0 Å². The molecule has 1 fully saturated rings. The zero-order chi connectivity index (χ0) is 14.7. The van der Waals surface area contributed by atoms with Gasteiger partial charge in [-0.1, -0.05) is 46.3 Å². The Balaban J connectivity index is 1.86. The number of piperidine rings is 1. The summed E-state index contributed by atoms with van der Waals surface area (Å²) in [7, 11) is 0. The molecule has 2 aromatic carbocycles. The van der Waals surface area contributed by atoms with E-state index in [1.165, 1.54) is 5.56 Å². The van der Waals surface area contributed by atoms with E-state index in [1.807, 2.05) is 12.1 Å². The molecular formula is C18H19BrFN. The van der Waals surface area contributed by atoms with Gasteiger partial charge in [-0.3, -0.25) is 0 Å². The lowest BCUT2D eigenvalue weighted by Crippen LogP contribution is -2.36. The molecule has 1 aliphatic rings. The molecule has 0 aliphatic carbocycles. The summed E-state index contributed by atoms with van der Waals surface area (Å²) in [5.74, 6) is 0.636. The zero-order valence-corrected chi connectivity index (χ0v) is 13.4. The molecule has 0 aromatic heterocycles. The molecule has 0 radical (unpaired) electrons. The maximum absolute atomic E-state index is 14.2. The highest BCUT2D eigenvalue weighted by molar-refractivity contribution is 9.10. The first-order valence-corrected chi connectivity index (χ1v) is 8.23. The number of hydrogen-bond donors (Lipinski definition) is 1. The number of hydrogen-bond acceptors (Lipinski definition) is 1. The second-order valence-corrected chi connectivity index (χ2v) is 6.63. The average Bonchev–Trinajstić information content (AvgIpc) is 2.51.